The Morgan fingerprint density at radius 1 is 1.15 bits per heavy atom. The minimum Gasteiger partial charge on any atom is -0.320 e. The van der Waals surface area contributed by atoms with Crippen molar-refractivity contribution < 1.29 is 0 Å². The van der Waals surface area contributed by atoms with Crippen molar-refractivity contribution in [1.82, 2.24) is 5.32 Å². The number of rotatable bonds is 7. The second kappa shape index (κ2) is 6.42. The van der Waals surface area contributed by atoms with Gasteiger partial charge in [-0.05, 0) is 37.8 Å². The molecular formula is C12H27N. The summed E-state index contributed by atoms with van der Waals surface area (Å²) in [5, 5.41) is 3.23. The summed E-state index contributed by atoms with van der Waals surface area (Å²) in [6, 6.07) is 0. The second-order valence-electron chi connectivity index (χ2n) is 4.90. The molecule has 80 valence electrons. The van der Waals surface area contributed by atoms with Crippen molar-refractivity contribution >= 4 is 0 Å². The van der Waals surface area contributed by atoms with Crippen LogP contribution in [0.3, 0.4) is 0 Å². The van der Waals surface area contributed by atoms with Gasteiger partial charge in [-0.1, -0.05) is 40.5 Å². The quantitative estimate of drug-likeness (QED) is 0.640. The van der Waals surface area contributed by atoms with Gasteiger partial charge in [0.25, 0.3) is 0 Å². The third-order valence-corrected chi connectivity index (χ3v) is 3.05. The van der Waals surface area contributed by atoms with Crippen molar-refractivity contribution in [3.05, 3.63) is 0 Å². The molecule has 0 aromatic heterocycles. The van der Waals surface area contributed by atoms with Crippen LogP contribution in [0.15, 0.2) is 0 Å². The summed E-state index contributed by atoms with van der Waals surface area (Å²) in [7, 11) is 2.03. The van der Waals surface area contributed by atoms with Crippen LogP contribution in [0, 0.1) is 11.3 Å². The van der Waals surface area contributed by atoms with Gasteiger partial charge in [-0.25, -0.2) is 0 Å². The Bertz CT molecular complexity index is 114. The van der Waals surface area contributed by atoms with E-state index < -0.39 is 0 Å². The molecule has 0 spiro atoms. The standard InChI is InChI=1S/C12H27N/c1-6-11(7-2)10-12(3,4)8-9-13-5/h11,13H,6-10H2,1-5H3. The first-order chi connectivity index (χ1) is 6.05. The van der Waals surface area contributed by atoms with Gasteiger partial charge in [-0.15, -0.1) is 0 Å². The molecule has 0 aliphatic carbocycles. The second-order valence-corrected chi connectivity index (χ2v) is 4.90. The van der Waals surface area contributed by atoms with E-state index in [9.17, 15) is 0 Å². The molecule has 0 aliphatic heterocycles. The molecule has 0 heterocycles. The zero-order valence-electron chi connectivity index (χ0n) is 10.1. The fourth-order valence-corrected chi connectivity index (χ4v) is 1.92. The highest BCUT2D eigenvalue weighted by atomic mass is 14.8. The third-order valence-electron chi connectivity index (χ3n) is 3.05. The van der Waals surface area contributed by atoms with E-state index in [1.54, 1.807) is 0 Å². The molecule has 13 heavy (non-hydrogen) atoms. The lowest BCUT2D eigenvalue weighted by Crippen LogP contribution is -2.22. The summed E-state index contributed by atoms with van der Waals surface area (Å²) in [4.78, 5) is 0. The molecule has 0 rings (SSSR count). The lowest BCUT2D eigenvalue weighted by molar-refractivity contribution is 0.238. The van der Waals surface area contributed by atoms with E-state index in [4.69, 9.17) is 0 Å². The molecular weight excluding hydrogens is 158 g/mol. The van der Waals surface area contributed by atoms with Crippen LogP contribution in [0.5, 0.6) is 0 Å². The number of hydrogen-bond acceptors (Lipinski definition) is 1. The highest BCUT2D eigenvalue weighted by Gasteiger charge is 2.20. The van der Waals surface area contributed by atoms with Gasteiger partial charge in [0.15, 0.2) is 0 Å². The molecule has 0 fully saturated rings. The minimum absolute atomic E-state index is 0.514. The van der Waals surface area contributed by atoms with E-state index in [0.29, 0.717) is 5.41 Å². The fraction of sp³-hybridized carbons (Fsp3) is 1.00. The molecule has 0 aromatic rings. The average Bonchev–Trinajstić information content (AvgIpc) is 2.11. The molecule has 0 aliphatic rings. The predicted octanol–water partition coefficient (Wildman–Crippen LogP) is 3.45. The van der Waals surface area contributed by atoms with Crippen molar-refractivity contribution in [3.8, 4) is 0 Å². The zero-order chi connectivity index (χ0) is 10.3. The average molecular weight is 185 g/mol. The monoisotopic (exact) mass is 185 g/mol. The Labute approximate surface area is 84.3 Å². The van der Waals surface area contributed by atoms with Crippen LogP contribution < -0.4 is 5.32 Å². The molecule has 1 heteroatoms. The lowest BCUT2D eigenvalue weighted by Gasteiger charge is -2.28. The molecule has 0 amide bonds. The largest absolute Gasteiger partial charge is 0.320 e. The summed E-state index contributed by atoms with van der Waals surface area (Å²) in [5.41, 5.74) is 0.514. The lowest BCUT2D eigenvalue weighted by atomic mass is 9.78. The minimum atomic E-state index is 0.514. The van der Waals surface area contributed by atoms with Gasteiger partial charge in [0.2, 0.25) is 0 Å². The highest BCUT2D eigenvalue weighted by molar-refractivity contribution is 4.73. The first-order valence-electron chi connectivity index (χ1n) is 5.70. The maximum absolute atomic E-state index is 3.23. The maximum atomic E-state index is 3.23. The van der Waals surface area contributed by atoms with Crippen LogP contribution in [-0.4, -0.2) is 13.6 Å². The Morgan fingerprint density at radius 2 is 1.69 bits per heavy atom. The SMILES string of the molecule is CCC(CC)CC(C)(C)CCNC. The van der Waals surface area contributed by atoms with E-state index in [1.807, 2.05) is 7.05 Å². The molecule has 1 nitrogen and oxygen atoms in total. The molecule has 0 aromatic carbocycles. The van der Waals surface area contributed by atoms with Crippen LogP contribution in [-0.2, 0) is 0 Å². The van der Waals surface area contributed by atoms with Crippen LogP contribution in [0.2, 0.25) is 0 Å². The number of hydrogen-bond donors (Lipinski definition) is 1. The van der Waals surface area contributed by atoms with Crippen molar-refractivity contribution in [2.75, 3.05) is 13.6 Å². The summed E-state index contributed by atoms with van der Waals surface area (Å²) in [5.74, 6) is 0.923. The molecule has 0 radical (unpaired) electrons. The van der Waals surface area contributed by atoms with Crippen LogP contribution >= 0.6 is 0 Å². The first-order valence-corrected chi connectivity index (χ1v) is 5.70. The fourth-order valence-electron chi connectivity index (χ4n) is 1.92. The summed E-state index contributed by atoms with van der Waals surface area (Å²) in [6.45, 7) is 10.5. The first kappa shape index (κ1) is 13.0. The van der Waals surface area contributed by atoms with Gasteiger partial charge in [0, 0.05) is 0 Å². The van der Waals surface area contributed by atoms with Crippen molar-refractivity contribution in [1.29, 1.82) is 0 Å². The zero-order valence-corrected chi connectivity index (χ0v) is 10.1. The third kappa shape index (κ3) is 6.09. The summed E-state index contributed by atoms with van der Waals surface area (Å²) >= 11 is 0. The van der Waals surface area contributed by atoms with E-state index in [-0.39, 0.29) is 0 Å². The van der Waals surface area contributed by atoms with E-state index >= 15 is 0 Å². The van der Waals surface area contributed by atoms with Crippen LogP contribution in [0.4, 0.5) is 0 Å². The smallest absolute Gasteiger partial charge is 0.00468 e. The Hall–Kier alpha value is -0.0400. The van der Waals surface area contributed by atoms with E-state index in [1.165, 1.54) is 25.7 Å². The topological polar surface area (TPSA) is 12.0 Å². The van der Waals surface area contributed by atoms with Crippen molar-refractivity contribution in [3.63, 3.8) is 0 Å². The Balaban J connectivity index is 3.83. The van der Waals surface area contributed by atoms with Gasteiger partial charge in [-0.2, -0.15) is 0 Å². The van der Waals surface area contributed by atoms with Gasteiger partial charge < -0.3 is 5.32 Å². The van der Waals surface area contributed by atoms with Crippen LogP contribution in [0.25, 0.3) is 0 Å². The Morgan fingerprint density at radius 3 is 2.08 bits per heavy atom. The molecule has 1 N–H and O–H groups in total. The van der Waals surface area contributed by atoms with E-state index in [2.05, 4.69) is 33.0 Å². The summed E-state index contributed by atoms with van der Waals surface area (Å²) in [6.07, 6.45) is 5.33. The Kier molecular flexibility index (Phi) is 6.40. The van der Waals surface area contributed by atoms with Gasteiger partial charge in [0.05, 0.1) is 0 Å². The highest BCUT2D eigenvalue weighted by Crippen LogP contribution is 2.31. The van der Waals surface area contributed by atoms with Gasteiger partial charge in [0.1, 0.15) is 0 Å². The maximum Gasteiger partial charge on any atom is -0.00468 e. The molecule has 0 unspecified atom stereocenters. The van der Waals surface area contributed by atoms with Crippen molar-refractivity contribution in [2.45, 2.75) is 53.4 Å². The van der Waals surface area contributed by atoms with Crippen LogP contribution in [0.1, 0.15) is 53.4 Å². The van der Waals surface area contributed by atoms with Gasteiger partial charge >= 0.3 is 0 Å². The summed E-state index contributed by atoms with van der Waals surface area (Å²) < 4.78 is 0. The van der Waals surface area contributed by atoms with Crippen molar-refractivity contribution in [2.24, 2.45) is 11.3 Å². The molecule has 0 saturated carbocycles. The molecule has 0 atom stereocenters. The normalized spacial score (nSPS) is 12.5. The van der Waals surface area contributed by atoms with Gasteiger partial charge in [-0.3, -0.25) is 0 Å². The predicted molar refractivity (Wildman–Crippen MR) is 61.0 cm³/mol. The number of nitrogens with one attached hydrogen (secondary N) is 1. The van der Waals surface area contributed by atoms with E-state index in [0.717, 1.165) is 12.5 Å². The molecule has 0 saturated heterocycles. The molecule has 0 bridgehead atoms.